The summed E-state index contributed by atoms with van der Waals surface area (Å²) in [6.45, 7) is 4.47. The van der Waals surface area contributed by atoms with Crippen LogP contribution in [-0.4, -0.2) is 25.7 Å². The highest BCUT2D eigenvalue weighted by Gasteiger charge is 2.16. The predicted molar refractivity (Wildman–Crippen MR) is 63.3 cm³/mol. The normalized spacial score (nSPS) is 20.4. The predicted octanol–water partition coefficient (Wildman–Crippen LogP) is 2.18. The van der Waals surface area contributed by atoms with Gasteiger partial charge in [-0.1, -0.05) is 0 Å². The summed E-state index contributed by atoms with van der Waals surface area (Å²) in [5, 5.41) is 3.28. The van der Waals surface area contributed by atoms with Crippen LogP contribution in [0.1, 0.15) is 6.92 Å². The van der Waals surface area contributed by atoms with Gasteiger partial charge in [0, 0.05) is 37.4 Å². The molecule has 0 amide bonds. The SMILES string of the molecule is C[C@H]1CN(c2cc(F)cc(F)c2)CCN1.Cl. The number of nitrogens with zero attached hydrogens (tertiary/aromatic N) is 1. The van der Waals surface area contributed by atoms with Crippen LogP contribution >= 0.6 is 12.4 Å². The average molecular weight is 249 g/mol. The molecule has 0 unspecified atom stereocenters. The fourth-order valence-corrected chi connectivity index (χ4v) is 1.89. The number of hydrogen-bond acceptors (Lipinski definition) is 2. The maximum absolute atomic E-state index is 13.0. The summed E-state index contributed by atoms with van der Waals surface area (Å²) >= 11 is 0. The fraction of sp³-hybridized carbons (Fsp3) is 0.455. The van der Waals surface area contributed by atoms with Gasteiger partial charge in [-0.15, -0.1) is 12.4 Å². The summed E-state index contributed by atoms with van der Waals surface area (Å²) in [5.74, 6) is -1.03. The molecule has 2 nitrogen and oxygen atoms in total. The van der Waals surface area contributed by atoms with Gasteiger partial charge in [0.25, 0.3) is 0 Å². The van der Waals surface area contributed by atoms with Crippen LogP contribution in [0.25, 0.3) is 0 Å². The first-order valence-electron chi connectivity index (χ1n) is 5.09. The topological polar surface area (TPSA) is 15.3 Å². The van der Waals surface area contributed by atoms with E-state index in [1.165, 1.54) is 12.1 Å². The maximum Gasteiger partial charge on any atom is 0.128 e. The fourth-order valence-electron chi connectivity index (χ4n) is 1.89. The van der Waals surface area contributed by atoms with Gasteiger partial charge in [-0.3, -0.25) is 0 Å². The molecule has 90 valence electrons. The zero-order valence-electron chi connectivity index (χ0n) is 9.04. The molecule has 1 aromatic rings. The quantitative estimate of drug-likeness (QED) is 0.820. The Bertz CT molecular complexity index is 340. The van der Waals surface area contributed by atoms with Gasteiger partial charge in [-0.25, -0.2) is 8.78 Å². The van der Waals surface area contributed by atoms with E-state index in [0.29, 0.717) is 11.7 Å². The van der Waals surface area contributed by atoms with Gasteiger partial charge in [0.05, 0.1) is 0 Å². The molecule has 2 rings (SSSR count). The molecule has 0 bridgehead atoms. The lowest BCUT2D eigenvalue weighted by Crippen LogP contribution is -2.49. The highest BCUT2D eigenvalue weighted by Crippen LogP contribution is 2.19. The third kappa shape index (κ3) is 3.06. The second-order valence-electron chi connectivity index (χ2n) is 3.93. The molecule has 1 atom stereocenters. The lowest BCUT2D eigenvalue weighted by Gasteiger charge is -2.33. The summed E-state index contributed by atoms with van der Waals surface area (Å²) in [7, 11) is 0. The first kappa shape index (κ1) is 13.2. The molecular weight excluding hydrogens is 234 g/mol. The smallest absolute Gasteiger partial charge is 0.128 e. The molecule has 1 aromatic carbocycles. The van der Waals surface area contributed by atoms with Crippen LogP contribution in [0.3, 0.4) is 0 Å². The van der Waals surface area contributed by atoms with Gasteiger partial charge in [0.2, 0.25) is 0 Å². The molecule has 0 aliphatic carbocycles. The molecule has 0 aromatic heterocycles. The Morgan fingerprint density at radius 2 is 1.88 bits per heavy atom. The highest BCUT2D eigenvalue weighted by molar-refractivity contribution is 5.85. The minimum absolute atomic E-state index is 0. The summed E-state index contributed by atoms with van der Waals surface area (Å²) in [6.07, 6.45) is 0. The number of anilines is 1. The van der Waals surface area contributed by atoms with Crippen molar-refractivity contribution in [3.8, 4) is 0 Å². The van der Waals surface area contributed by atoms with Crippen molar-refractivity contribution < 1.29 is 8.78 Å². The monoisotopic (exact) mass is 248 g/mol. The Hall–Kier alpha value is -0.870. The molecule has 1 saturated heterocycles. The van der Waals surface area contributed by atoms with Crippen LogP contribution in [0.4, 0.5) is 14.5 Å². The second kappa shape index (κ2) is 5.46. The lowest BCUT2D eigenvalue weighted by molar-refractivity contribution is 0.482. The van der Waals surface area contributed by atoms with E-state index in [-0.39, 0.29) is 12.4 Å². The van der Waals surface area contributed by atoms with Crippen molar-refractivity contribution in [3.63, 3.8) is 0 Å². The van der Waals surface area contributed by atoms with E-state index < -0.39 is 11.6 Å². The van der Waals surface area contributed by atoms with Crippen molar-refractivity contribution in [2.45, 2.75) is 13.0 Å². The van der Waals surface area contributed by atoms with E-state index in [1.807, 2.05) is 4.90 Å². The maximum atomic E-state index is 13.0. The van der Waals surface area contributed by atoms with Crippen LogP contribution in [0, 0.1) is 11.6 Å². The van der Waals surface area contributed by atoms with Crippen molar-refractivity contribution in [1.82, 2.24) is 5.32 Å². The van der Waals surface area contributed by atoms with Crippen LogP contribution < -0.4 is 10.2 Å². The van der Waals surface area contributed by atoms with Gasteiger partial charge in [-0.2, -0.15) is 0 Å². The largest absolute Gasteiger partial charge is 0.369 e. The van der Waals surface area contributed by atoms with Crippen molar-refractivity contribution >= 4 is 18.1 Å². The van der Waals surface area contributed by atoms with Crippen LogP contribution in [0.15, 0.2) is 18.2 Å². The second-order valence-corrected chi connectivity index (χ2v) is 3.93. The van der Waals surface area contributed by atoms with Gasteiger partial charge >= 0.3 is 0 Å². The van der Waals surface area contributed by atoms with Crippen molar-refractivity contribution in [3.05, 3.63) is 29.8 Å². The molecule has 0 radical (unpaired) electrons. The molecule has 1 fully saturated rings. The number of nitrogens with one attached hydrogen (secondary N) is 1. The van der Waals surface area contributed by atoms with Gasteiger partial charge in [-0.05, 0) is 19.1 Å². The van der Waals surface area contributed by atoms with Gasteiger partial charge < -0.3 is 10.2 Å². The molecule has 1 N–H and O–H groups in total. The van der Waals surface area contributed by atoms with E-state index in [9.17, 15) is 8.78 Å². The average Bonchev–Trinajstić information content (AvgIpc) is 2.16. The number of hydrogen-bond donors (Lipinski definition) is 1. The Labute approximate surface area is 100 Å². The summed E-state index contributed by atoms with van der Waals surface area (Å²) in [6, 6.07) is 4.00. The zero-order chi connectivity index (χ0) is 10.8. The standard InChI is InChI=1S/C11H14F2N2.ClH/c1-8-7-15(3-2-14-8)11-5-9(12)4-10(13)6-11;/h4-6,8,14H,2-3,7H2,1H3;1H/t8-;/m0./s1. The molecule has 1 aliphatic rings. The van der Waals surface area contributed by atoms with E-state index in [2.05, 4.69) is 12.2 Å². The molecule has 0 saturated carbocycles. The molecule has 1 heterocycles. The molecule has 1 aliphatic heterocycles. The summed E-state index contributed by atoms with van der Waals surface area (Å²) < 4.78 is 26.0. The number of piperazine rings is 1. The van der Waals surface area contributed by atoms with Crippen molar-refractivity contribution in [2.75, 3.05) is 24.5 Å². The minimum atomic E-state index is -0.517. The number of halogens is 3. The van der Waals surface area contributed by atoms with Crippen molar-refractivity contribution in [2.24, 2.45) is 0 Å². The third-order valence-electron chi connectivity index (χ3n) is 2.58. The number of benzene rings is 1. The minimum Gasteiger partial charge on any atom is -0.369 e. The van der Waals surface area contributed by atoms with E-state index in [1.54, 1.807) is 0 Å². The molecular formula is C11H15ClF2N2. The van der Waals surface area contributed by atoms with Crippen LogP contribution in [0.5, 0.6) is 0 Å². The summed E-state index contributed by atoms with van der Waals surface area (Å²) in [4.78, 5) is 1.99. The Kier molecular flexibility index (Phi) is 4.50. The summed E-state index contributed by atoms with van der Waals surface area (Å²) in [5.41, 5.74) is 0.626. The molecule has 16 heavy (non-hydrogen) atoms. The zero-order valence-corrected chi connectivity index (χ0v) is 9.86. The first-order chi connectivity index (χ1) is 7.15. The Morgan fingerprint density at radius 3 is 2.44 bits per heavy atom. The van der Waals surface area contributed by atoms with Crippen LogP contribution in [0.2, 0.25) is 0 Å². The van der Waals surface area contributed by atoms with E-state index >= 15 is 0 Å². The Morgan fingerprint density at radius 1 is 1.25 bits per heavy atom. The lowest BCUT2D eigenvalue weighted by atomic mass is 10.2. The van der Waals surface area contributed by atoms with E-state index in [4.69, 9.17) is 0 Å². The van der Waals surface area contributed by atoms with Crippen molar-refractivity contribution in [1.29, 1.82) is 0 Å². The first-order valence-corrected chi connectivity index (χ1v) is 5.09. The molecule has 5 heteroatoms. The van der Waals surface area contributed by atoms with Crippen LogP contribution in [-0.2, 0) is 0 Å². The molecule has 0 spiro atoms. The highest BCUT2D eigenvalue weighted by atomic mass is 35.5. The van der Waals surface area contributed by atoms with E-state index in [0.717, 1.165) is 25.7 Å². The third-order valence-corrected chi connectivity index (χ3v) is 2.58. The Balaban J connectivity index is 0.00000128. The van der Waals surface area contributed by atoms with Gasteiger partial charge in [0.1, 0.15) is 11.6 Å². The number of rotatable bonds is 1. The van der Waals surface area contributed by atoms with Gasteiger partial charge in [0.15, 0.2) is 0 Å².